The van der Waals surface area contributed by atoms with Crippen LogP contribution in [-0.4, -0.2) is 24.8 Å². The summed E-state index contributed by atoms with van der Waals surface area (Å²) in [7, 11) is 0. The number of nitrogens with one attached hydrogen (secondary N) is 1. The van der Waals surface area contributed by atoms with Crippen molar-refractivity contribution in [3.05, 3.63) is 34.9 Å². The highest BCUT2D eigenvalue weighted by Gasteiger charge is 2.15. The number of benzene rings is 1. The van der Waals surface area contributed by atoms with Crippen LogP contribution in [0.1, 0.15) is 39.7 Å². The molecule has 0 aliphatic heterocycles. The van der Waals surface area contributed by atoms with Crippen LogP contribution in [0, 0.1) is 0 Å². The van der Waals surface area contributed by atoms with Gasteiger partial charge in [0.05, 0.1) is 12.2 Å². The third-order valence-corrected chi connectivity index (χ3v) is 3.05. The van der Waals surface area contributed by atoms with Crippen LogP contribution in [0.25, 0.3) is 0 Å². The minimum absolute atomic E-state index is 0.0911. The third-order valence-electron chi connectivity index (χ3n) is 2.80. The Morgan fingerprint density at radius 1 is 1.21 bits per heavy atom. The van der Waals surface area contributed by atoms with Crippen molar-refractivity contribution in [2.75, 3.05) is 13.2 Å². The summed E-state index contributed by atoms with van der Waals surface area (Å²) in [5, 5.41) is 4.33. The van der Waals surface area contributed by atoms with Crippen LogP contribution in [0.4, 0.5) is 0 Å². The van der Waals surface area contributed by atoms with E-state index in [1.54, 1.807) is 0 Å². The van der Waals surface area contributed by atoms with Crippen molar-refractivity contribution in [1.29, 1.82) is 0 Å². The Hall–Kier alpha value is -0.570. The van der Waals surface area contributed by atoms with Crippen LogP contribution < -0.4 is 5.32 Å². The van der Waals surface area contributed by atoms with Gasteiger partial charge in [0.2, 0.25) is 0 Å². The molecule has 1 rings (SSSR count). The molecule has 0 aliphatic carbocycles. The van der Waals surface area contributed by atoms with Crippen LogP contribution in [0.5, 0.6) is 0 Å². The van der Waals surface area contributed by atoms with E-state index in [-0.39, 0.29) is 5.60 Å². The van der Waals surface area contributed by atoms with Crippen LogP contribution in [0.2, 0.25) is 5.02 Å². The first-order chi connectivity index (χ1) is 8.90. The lowest BCUT2D eigenvalue weighted by Crippen LogP contribution is -2.38. The van der Waals surface area contributed by atoms with Crippen molar-refractivity contribution in [1.82, 2.24) is 5.32 Å². The zero-order valence-electron chi connectivity index (χ0n) is 12.5. The van der Waals surface area contributed by atoms with Crippen molar-refractivity contribution < 1.29 is 4.74 Å². The molecule has 0 saturated carbocycles. The van der Waals surface area contributed by atoms with Crippen molar-refractivity contribution in [2.45, 2.75) is 52.2 Å². The van der Waals surface area contributed by atoms with E-state index in [1.165, 1.54) is 5.56 Å². The van der Waals surface area contributed by atoms with Crippen molar-refractivity contribution in [2.24, 2.45) is 0 Å². The maximum absolute atomic E-state index is 5.91. The number of ether oxygens (including phenoxy) is 1. The molecular weight excluding hydrogens is 258 g/mol. The van der Waals surface area contributed by atoms with Gasteiger partial charge in [-0.1, -0.05) is 30.7 Å². The highest BCUT2D eigenvalue weighted by atomic mass is 35.5. The molecule has 1 N–H and O–H groups in total. The summed E-state index contributed by atoms with van der Waals surface area (Å²) in [6, 6.07) is 8.40. The summed E-state index contributed by atoms with van der Waals surface area (Å²) < 4.78 is 5.90. The van der Waals surface area contributed by atoms with E-state index in [9.17, 15) is 0 Å². The van der Waals surface area contributed by atoms with Gasteiger partial charge in [0.15, 0.2) is 0 Å². The Morgan fingerprint density at radius 3 is 2.37 bits per heavy atom. The fourth-order valence-electron chi connectivity index (χ4n) is 1.79. The summed E-state index contributed by atoms with van der Waals surface area (Å²) in [6.45, 7) is 10.2. The predicted molar refractivity (Wildman–Crippen MR) is 82.9 cm³/mol. The maximum Gasteiger partial charge on any atom is 0.0629 e. The van der Waals surface area contributed by atoms with Gasteiger partial charge in [0.25, 0.3) is 0 Å². The molecule has 3 heteroatoms. The molecule has 1 unspecified atom stereocenters. The van der Waals surface area contributed by atoms with Gasteiger partial charge in [-0.25, -0.2) is 0 Å². The van der Waals surface area contributed by atoms with Crippen LogP contribution in [0.3, 0.4) is 0 Å². The molecule has 0 aliphatic rings. The first kappa shape index (κ1) is 16.5. The quantitative estimate of drug-likeness (QED) is 0.815. The topological polar surface area (TPSA) is 21.3 Å². The van der Waals surface area contributed by atoms with Gasteiger partial charge in [-0.3, -0.25) is 0 Å². The molecule has 0 heterocycles. The lowest BCUT2D eigenvalue weighted by Gasteiger charge is -2.25. The molecular formula is C16H26ClNO. The molecule has 1 aromatic rings. The van der Waals surface area contributed by atoms with E-state index < -0.39 is 0 Å². The van der Waals surface area contributed by atoms with Crippen molar-refractivity contribution in [3.63, 3.8) is 0 Å². The smallest absolute Gasteiger partial charge is 0.0629 e. The molecule has 0 radical (unpaired) electrons. The lowest BCUT2D eigenvalue weighted by atomic mass is 10.1. The molecule has 0 aromatic heterocycles. The van der Waals surface area contributed by atoms with E-state index >= 15 is 0 Å². The first-order valence-corrected chi connectivity index (χ1v) is 7.40. The largest absolute Gasteiger partial charge is 0.374 e. The second-order valence-corrected chi connectivity index (χ2v) is 6.34. The van der Waals surface area contributed by atoms with Gasteiger partial charge >= 0.3 is 0 Å². The Morgan fingerprint density at radius 2 is 1.84 bits per heavy atom. The number of hydrogen-bond donors (Lipinski definition) is 1. The molecule has 1 aromatic carbocycles. The summed E-state index contributed by atoms with van der Waals surface area (Å²) in [4.78, 5) is 0. The third kappa shape index (κ3) is 7.56. The minimum atomic E-state index is -0.0911. The number of hydrogen-bond acceptors (Lipinski definition) is 2. The minimum Gasteiger partial charge on any atom is -0.374 e. The molecule has 0 fully saturated rings. The second kappa shape index (κ2) is 7.88. The normalized spacial score (nSPS) is 13.5. The first-order valence-electron chi connectivity index (χ1n) is 7.02. The van der Waals surface area contributed by atoms with Gasteiger partial charge in [-0.05, 0) is 57.9 Å². The van der Waals surface area contributed by atoms with Crippen LogP contribution in [-0.2, 0) is 11.2 Å². The van der Waals surface area contributed by atoms with Crippen molar-refractivity contribution in [3.8, 4) is 0 Å². The highest BCUT2D eigenvalue weighted by Crippen LogP contribution is 2.13. The van der Waals surface area contributed by atoms with Gasteiger partial charge in [0.1, 0.15) is 0 Å². The summed E-state index contributed by atoms with van der Waals surface area (Å²) >= 11 is 5.91. The Kier molecular flexibility index (Phi) is 6.84. The summed E-state index contributed by atoms with van der Waals surface area (Å²) in [5.74, 6) is 0. The van der Waals surface area contributed by atoms with Crippen LogP contribution >= 0.6 is 11.6 Å². The van der Waals surface area contributed by atoms with E-state index in [1.807, 2.05) is 12.1 Å². The second-order valence-electron chi connectivity index (χ2n) is 5.91. The molecule has 19 heavy (non-hydrogen) atoms. The fourth-order valence-corrected chi connectivity index (χ4v) is 1.92. The SMILES string of the molecule is CCCNC(COC(C)(C)C)Cc1ccc(Cl)cc1. The average Bonchev–Trinajstić information content (AvgIpc) is 2.34. The number of rotatable bonds is 7. The zero-order valence-corrected chi connectivity index (χ0v) is 13.3. The van der Waals surface area contributed by atoms with E-state index in [4.69, 9.17) is 16.3 Å². The Balaban J connectivity index is 2.55. The number of halogens is 1. The highest BCUT2D eigenvalue weighted by molar-refractivity contribution is 6.30. The van der Waals surface area contributed by atoms with Gasteiger partial charge in [0, 0.05) is 11.1 Å². The van der Waals surface area contributed by atoms with E-state index in [0.717, 1.165) is 31.0 Å². The molecule has 0 amide bonds. The fraction of sp³-hybridized carbons (Fsp3) is 0.625. The summed E-state index contributed by atoms with van der Waals surface area (Å²) in [6.07, 6.45) is 2.10. The average molecular weight is 284 g/mol. The van der Waals surface area contributed by atoms with Gasteiger partial charge in [-0.15, -0.1) is 0 Å². The zero-order chi connectivity index (χ0) is 14.3. The van der Waals surface area contributed by atoms with Gasteiger partial charge in [-0.2, -0.15) is 0 Å². The van der Waals surface area contributed by atoms with E-state index in [2.05, 4.69) is 45.1 Å². The standard InChI is InChI=1S/C16H26ClNO/c1-5-10-18-15(12-19-16(2,3)4)11-13-6-8-14(17)9-7-13/h6-9,15,18H,5,10-12H2,1-4H3. The Bertz CT molecular complexity index is 356. The summed E-state index contributed by atoms with van der Waals surface area (Å²) in [5.41, 5.74) is 1.20. The monoisotopic (exact) mass is 283 g/mol. The lowest BCUT2D eigenvalue weighted by molar-refractivity contribution is -0.0143. The Labute approximate surface area is 122 Å². The molecule has 0 bridgehead atoms. The maximum atomic E-state index is 5.91. The van der Waals surface area contributed by atoms with E-state index in [0.29, 0.717) is 6.04 Å². The van der Waals surface area contributed by atoms with Gasteiger partial charge < -0.3 is 10.1 Å². The molecule has 2 nitrogen and oxygen atoms in total. The molecule has 0 spiro atoms. The molecule has 0 saturated heterocycles. The molecule has 108 valence electrons. The van der Waals surface area contributed by atoms with Crippen LogP contribution in [0.15, 0.2) is 24.3 Å². The molecule has 1 atom stereocenters. The van der Waals surface area contributed by atoms with Crippen molar-refractivity contribution >= 4 is 11.6 Å². The predicted octanol–water partition coefficient (Wildman–Crippen LogP) is 4.07.